The summed E-state index contributed by atoms with van der Waals surface area (Å²) < 4.78 is 1.90. The average Bonchev–Trinajstić information content (AvgIpc) is 3.05. The minimum Gasteiger partial charge on any atom is -0.345 e. The van der Waals surface area contributed by atoms with E-state index in [1.165, 1.54) is 17.2 Å². The van der Waals surface area contributed by atoms with Crippen LogP contribution in [0.25, 0.3) is 6.08 Å². The number of thioether (sulfide) groups is 1. The van der Waals surface area contributed by atoms with Crippen LogP contribution in [0.4, 0.5) is 0 Å². The zero-order valence-electron chi connectivity index (χ0n) is 15.7. The van der Waals surface area contributed by atoms with Gasteiger partial charge in [-0.2, -0.15) is 0 Å². The molecule has 0 aliphatic carbocycles. The lowest BCUT2D eigenvalue weighted by molar-refractivity contribution is -0.116. The van der Waals surface area contributed by atoms with Crippen LogP contribution < -0.4 is 5.32 Å². The van der Waals surface area contributed by atoms with Crippen molar-refractivity contribution in [3.63, 3.8) is 0 Å². The summed E-state index contributed by atoms with van der Waals surface area (Å²) in [5, 5.41) is 12.6. The van der Waals surface area contributed by atoms with Gasteiger partial charge in [0, 0.05) is 23.9 Å². The molecule has 0 spiro atoms. The number of amides is 1. The summed E-state index contributed by atoms with van der Waals surface area (Å²) in [6, 6.07) is 15.8. The number of nitrogens with zero attached hydrogens (tertiary/aromatic N) is 3. The molecule has 0 aliphatic rings. The molecule has 0 unspecified atom stereocenters. The van der Waals surface area contributed by atoms with Gasteiger partial charge in [-0.1, -0.05) is 71.4 Å². The van der Waals surface area contributed by atoms with Crippen molar-refractivity contribution in [2.45, 2.75) is 24.4 Å². The third-order valence-electron chi connectivity index (χ3n) is 4.15. The summed E-state index contributed by atoms with van der Waals surface area (Å²) in [5.41, 5.74) is 3.28. The van der Waals surface area contributed by atoms with Crippen LogP contribution in [0, 0.1) is 6.92 Å². The third-order valence-corrected chi connectivity index (χ3v) is 5.59. The highest BCUT2D eigenvalue weighted by Crippen LogP contribution is 2.21. The first-order chi connectivity index (χ1) is 13.5. The van der Waals surface area contributed by atoms with Crippen LogP contribution >= 0.6 is 23.4 Å². The number of nitrogens with one attached hydrogen (secondary N) is 1. The summed E-state index contributed by atoms with van der Waals surface area (Å²) in [4.78, 5) is 12.1. The first-order valence-electron chi connectivity index (χ1n) is 8.80. The van der Waals surface area contributed by atoms with Gasteiger partial charge < -0.3 is 9.88 Å². The number of hydrogen-bond acceptors (Lipinski definition) is 4. The van der Waals surface area contributed by atoms with Crippen molar-refractivity contribution in [3.05, 3.63) is 82.1 Å². The van der Waals surface area contributed by atoms with Crippen molar-refractivity contribution in [1.82, 2.24) is 20.1 Å². The Morgan fingerprint density at radius 3 is 2.68 bits per heavy atom. The molecule has 1 N–H and O–H groups in total. The van der Waals surface area contributed by atoms with E-state index in [4.69, 9.17) is 11.6 Å². The topological polar surface area (TPSA) is 59.8 Å². The lowest BCUT2D eigenvalue weighted by Gasteiger charge is -2.05. The Balaban J connectivity index is 1.53. The van der Waals surface area contributed by atoms with Gasteiger partial charge in [-0.25, -0.2) is 0 Å². The van der Waals surface area contributed by atoms with Gasteiger partial charge in [0.2, 0.25) is 5.91 Å². The van der Waals surface area contributed by atoms with Crippen molar-refractivity contribution in [1.29, 1.82) is 0 Å². The molecule has 5 nitrogen and oxygen atoms in total. The smallest absolute Gasteiger partial charge is 0.244 e. The molecule has 0 bridgehead atoms. The molecule has 1 aromatic heterocycles. The van der Waals surface area contributed by atoms with Gasteiger partial charge in [0.1, 0.15) is 0 Å². The van der Waals surface area contributed by atoms with Gasteiger partial charge in [-0.05, 0) is 30.2 Å². The van der Waals surface area contributed by atoms with Gasteiger partial charge in [-0.3, -0.25) is 4.79 Å². The van der Waals surface area contributed by atoms with E-state index in [2.05, 4.69) is 46.7 Å². The standard InChI is InChI=1S/C21H21ClN4OS/c1-15-7-9-16(10-8-15)14-28-21-25-24-19(26(21)2)13-23-20(27)12-11-17-5-3-4-6-18(17)22/h3-12H,13-14H2,1-2H3,(H,23,27). The molecule has 3 rings (SSSR count). The van der Waals surface area contributed by atoms with E-state index < -0.39 is 0 Å². The van der Waals surface area contributed by atoms with Crippen molar-refractivity contribution in [3.8, 4) is 0 Å². The Bertz CT molecular complexity index is 982. The molecule has 144 valence electrons. The molecule has 3 aromatic rings. The van der Waals surface area contributed by atoms with Crippen LogP contribution in [0.2, 0.25) is 5.02 Å². The fraction of sp³-hybridized carbons (Fsp3) is 0.190. The fourth-order valence-electron chi connectivity index (χ4n) is 2.46. The normalized spacial score (nSPS) is 11.1. The molecule has 0 saturated heterocycles. The van der Waals surface area contributed by atoms with E-state index in [0.717, 1.165) is 16.5 Å². The van der Waals surface area contributed by atoms with Gasteiger partial charge in [0.05, 0.1) is 6.54 Å². The predicted molar refractivity (Wildman–Crippen MR) is 114 cm³/mol. The van der Waals surface area contributed by atoms with E-state index in [1.807, 2.05) is 29.8 Å². The predicted octanol–water partition coefficient (Wildman–Crippen LogP) is 4.40. The van der Waals surface area contributed by atoms with Crippen LogP contribution in [-0.2, 0) is 24.1 Å². The highest BCUT2D eigenvalue weighted by atomic mass is 35.5. The summed E-state index contributed by atoms with van der Waals surface area (Å²) in [6.07, 6.45) is 3.15. The molecule has 1 heterocycles. The first kappa shape index (κ1) is 20.2. The van der Waals surface area contributed by atoms with Crippen molar-refractivity contribution < 1.29 is 4.79 Å². The fourth-order valence-corrected chi connectivity index (χ4v) is 3.54. The number of rotatable bonds is 7. The summed E-state index contributed by atoms with van der Waals surface area (Å²) in [5.74, 6) is 1.31. The van der Waals surface area contributed by atoms with Crippen molar-refractivity contribution >= 4 is 35.3 Å². The Morgan fingerprint density at radius 1 is 1.18 bits per heavy atom. The Morgan fingerprint density at radius 2 is 1.93 bits per heavy atom. The Labute approximate surface area is 173 Å². The summed E-state index contributed by atoms with van der Waals surface area (Å²) >= 11 is 7.70. The zero-order chi connectivity index (χ0) is 19.9. The lowest BCUT2D eigenvalue weighted by atomic mass is 10.2. The number of benzene rings is 2. The largest absolute Gasteiger partial charge is 0.345 e. The maximum absolute atomic E-state index is 12.1. The average molecular weight is 413 g/mol. The molecule has 0 radical (unpaired) electrons. The SMILES string of the molecule is Cc1ccc(CSc2nnc(CNC(=O)C=Cc3ccccc3Cl)n2C)cc1. The number of aryl methyl sites for hydroxylation is 1. The van der Waals surface area contributed by atoms with Crippen LogP contribution in [0.3, 0.4) is 0 Å². The van der Waals surface area contributed by atoms with E-state index in [9.17, 15) is 4.79 Å². The van der Waals surface area contributed by atoms with Crippen LogP contribution in [-0.4, -0.2) is 20.7 Å². The highest BCUT2D eigenvalue weighted by Gasteiger charge is 2.10. The molecule has 28 heavy (non-hydrogen) atoms. The lowest BCUT2D eigenvalue weighted by Crippen LogP contribution is -2.22. The molecule has 0 fully saturated rings. The molecule has 1 amide bonds. The van der Waals surface area contributed by atoms with Crippen LogP contribution in [0.15, 0.2) is 59.8 Å². The van der Waals surface area contributed by atoms with E-state index in [1.54, 1.807) is 23.9 Å². The number of carbonyl (C=O) groups is 1. The number of hydrogen-bond donors (Lipinski definition) is 1. The maximum atomic E-state index is 12.1. The maximum Gasteiger partial charge on any atom is 0.244 e. The Hall–Kier alpha value is -2.57. The molecule has 0 atom stereocenters. The van der Waals surface area contributed by atoms with Crippen molar-refractivity contribution in [2.75, 3.05) is 0 Å². The Kier molecular flexibility index (Phi) is 6.90. The van der Waals surface area contributed by atoms with E-state index >= 15 is 0 Å². The number of aromatic nitrogens is 3. The van der Waals surface area contributed by atoms with E-state index in [0.29, 0.717) is 17.4 Å². The number of halogens is 1. The van der Waals surface area contributed by atoms with Gasteiger partial charge >= 0.3 is 0 Å². The van der Waals surface area contributed by atoms with Crippen LogP contribution in [0.5, 0.6) is 0 Å². The van der Waals surface area contributed by atoms with Crippen molar-refractivity contribution in [2.24, 2.45) is 7.05 Å². The monoisotopic (exact) mass is 412 g/mol. The quantitative estimate of drug-likeness (QED) is 0.461. The number of carbonyl (C=O) groups excluding carboxylic acids is 1. The second-order valence-corrected chi connectivity index (χ2v) is 7.65. The minimum atomic E-state index is -0.211. The van der Waals surface area contributed by atoms with Gasteiger partial charge in [0.15, 0.2) is 11.0 Å². The molecule has 7 heteroatoms. The minimum absolute atomic E-state index is 0.211. The molecule has 2 aromatic carbocycles. The second-order valence-electron chi connectivity index (χ2n) is 6.30. The molecular formula is C21H21ClN4OS. The summed E-state index contributed by atoms with van der Waals surface area (Å²) in [7, 11) is 1.90. The molecule has 0 saturated carbocycles. The van der Waals surface area contributed by atoms with E-state index in [-0.39, 0.29) is 5.91 Å². The third kappa shape index (κ3) is 5.47. The van der Waals surface area contributed by atoms with Gasteiger partial charge in [-0.15, -0.1) is 10.2 Å². The highest BCUT2D eigenvalue weighted by molar-refractivity contribution is 7.98. The molecular weight excluding hydrogens is 392 g/mol. The summed E-state index contributed by atoms with van der Waals surface area (Å²) in [6.45, 7) is 2.38. The van der Waals surface area contributed by atoms with Gasteiger partial charge in [0.25, 0.3) is 0 Å². The van der Waals surface area contributed by atoms with Crippen LogP contribution in [0.1, 0.15) is 22.5 Å². The zero-order valence-corrected chi connectivity index (χ0v) is 17.3. The second kappa shape index (κ2) is 9.57. The molecule has 0 aliphatic heterocycles. The first-order valence-corrected chi connectivity index (χ1v) is 10.2.